The van der Waals surface area contributed by atoms with E-state index in [9.17, 15) is 28.6 Å². The van der Waals surface area contributed by atoms with Crippen molar-refractivity contribution in [1.29, 1.82) is 0 Å². The third kappa shape index (κ3) is 7.60. The van der Waals surface area contributed by atoms with Gasteiger partial charge in [-0.1, -0.05) is 0 Å². The Kier molecular flexibility index (Phi) is 9.79. The monoisotopic (exact) mass is 734 g/mol. The van der Waals surface area contributed by atoms with E-state index >= 15 is 0 Å². The fourth-order valence-electron chi connectivity index (χ4n) is 5.93. The molecule has 0 bridgehead atoms. The van der Waals surface area contributed by atoms with Gasteiger partial charge in [0.2, 0.25) is 11.8 Å². The molecule has 276 valence electrons. The van der Waals surface area contributed by atoms with Gasteiger partial charge in [0.1, 0.15) is 35.6 Å². The van der Waals surface area contributed by atoms with Gasteiger partial charge in [-0.3, -0.25) is 19.6 Å². The summed E-state index contributed by atoms with van der Waals surface area (Å²) in [5.74, 6) is -0.616. The van der Waals surface area contributed by atoms with Crippen LogP contribution in [0.1, 0.15) is 35.4 Å². The third-order valence-electron chi connectivity index (χ3n) is 9.29. The van der Waals surface area contributed by atoms with Gasteiger partial charge in [0.15, 0.2) is 0 Å². The third-order valence-corrected chi connectivity index (χ3v) is 9.29. The molecule has 2 aliphatic carbocycles. The molecule has 8 rings (SSSR count). The van der Waals surface area contributed by atoms with E-state index in [1.807, 2.05) is 26.0 Å². The highest BCUT2D eigenvalue weighted by Gasteiger charge is 2.44. The van der Waals surface area contributed by atoms with Gasteiger partial charge in [0.25, 0.3) is 0 Å². The van der Waals surface area contributed by atoms with Gasteiger partial charge in [-0.25, -0.2) is 28.7 Å². The number of nitrogens with one attached hydrogen (secondary N) is 2. The topological polar surface area (TPSA) is 228 Å². The van der Waals surface area contributed by atoms with Crippen molar-refractivity contribution >= 4 is 56.6 Å². The number of fused-ring (bicyclic) bond motifs is 2. The number of amides is 2. The maximum Gasteiger partial charge on any atom is 0.231 e. The lowest BCUT2D eigenvalue weighted by Crippen LogP contribution is -2.15. The minimum absolute atomic E-state index is 0.173. The Morgan fingerprint density at radius 3 is 1.41 bits per heavy atom. The van der Waals surface area contributed by atoms with Crippen LogP contribution in [-0.2, 0) is 22.8 Å². The number of aromatic nitrogens is 6. The number of nitrogens with zero attached hydrogens (tertiary/aromatic N) is 6. The lowest BCUT2D eigenvalue weighted by molar-refractivity contribution is -0.118. The van der Waals surface area contributed by atoms with Gasteiger partial charge in [-0.15, -0.1) is 0 Å². The number of aryl methyl sites for hydroxylation is 2. The van der Waals surface area contributed by atoms with Crippen molar-refractivity contribution in [1.82, 2.24) is 29.9 Å². The summed E-state index contributed by atoms with van der Waals surface area (Å²) in [6, 6.07) is 10.6. The summed E-state index contributed by atoms with van der Waals surface area (Å²) in [5.41, 5.74) is 17.9. The first-order valence-electron chi connectivity index (χ1n) is 17.1. The van der Waals surface area contributed by atoms with Crippen LogP contribution in [0.15, 0.2) is 61.2 Å². The molecule has 6 heterocycles. The molecule has 16 heteroatoms. The number of aliphatic hydroxyl groups is 2. The Morgan fingerprint density at radius 2 is 1.06 bits per heavy atom. The number of rotatable bonds is 8. The Hall–Kier alpha value is -6.26. The lowest BCUT2D eigenvalue weighted by atomic mass is 10.0. The maximum absolute atomic E-state index is 13.0. The Bertz CT molecular complexity index is 2280. The van der Waals surface area contributed by atoms with Crippen LogP contribution in [0.25, 0.3) is 44.1 Å². The Balaban J connectivity index is 0.000000167. The zero-order valence-electron chi connectivity index (χ0n) is 29.2. The number of alkyl halides is 2. The second-order valence-corrected chi connectivity index (χ2v) is 13.4. The average molecular weight is 735 g/mol. The lowest BCUT2D eigenvalue weighted by Gasteiger charge is -2.11. The molecule has 2 amide bonds. The molecule has 2 aliphatic rings. The van der Waals surface area contributed by atoms with Crippen LogP contribution in [0.4, 0.5) is 32.1 Å². The average Bonchev–Trinajstić information content (AvgIpc) is 4.08. The molecule has 54 heavy (non-hydrogen) atoms. The summed E-state index contributed by atoms with van der Waals surface area (Å²) < 4.78 is 26.1. The summed E-state index contributed by atoms with van der Waals surface area (Å²) in [6.07, 6.45) is 4.81. The molecule has 14 nitrogen and oxygen atoms in total. The maximum atomic E-state index is 13.0. The van der Waals surface area contributed by atoms with Crippen LogP contribution in [0.5, 0.6) is 0 Å². The van der Waals surface area contributed by atoms with Crippen molar-refractivity contribution < 1.29 is 28.6 Å². The van der Waals surface area contributed by atoms with Crippen LogP contribution < -0.4 is 22.1 Å². The molecule has 0 saturated heterocycles. The molecular formula is C38H36F2N10O4. The molecule has 0 aromatic carbocycles. The normalized spacial score (nSPS) is 18.5. The van der Waals surface area contributed by atoms with Crippen LogP contribution >= 0.6 is 0 Å². The van der Waals surface area contributed by atoms with E-state index in [1.54, 1.807) is 36.7 Å². The molecule has 0 radical (unpaired) electrons. The SMILES string of the molecule is Cc1cnc(CO)cc1-c1cc2cc(NC(=O)[C@@H]3C[C@@H]3F)ncc2c(N)n1.Cc1cnc(CO)cc1-c1cc2cc(NC(=O)[C@H]3C[C@H]3F)ncc2c(N)n1. The highest BCUT2D eigenvalue weighted by Crippen LogP contribution is 2.36. The number of aliphatic hydroxyl groups excluding tert-OH is 2. The van der Waals surface area contributed by atoms with E-state index in [2.05, 4.69) is 40.5 Å². The summed E-state index contributed by atoms with van der Waals surface area (Å²) in [5, 5.41) is 26.7. The van der Waals surface area contributed by atoms with Crippen LogP contribution in [0.3, 0.4) is 0 Å². The number of pyridine rings is 6. The predicted octanol–water partition coefficient (Wildman–Crippen LogP) is 4.74. The fourth-order valence-corrected chi connectivity index (χ4v) is 5.93. The van der Waals surface area contributed by atoms with Gasteiger partial charge < -0.3 is 32.3 Å². The van der Waals surface area contributed by atoms with E-state index in [0.29, 0.717) is 56.8 Å². The molecule has 8 N–H and O–H groups in total. The van der Waals surface area contributed by atoms with Crippen molar-refractivity contribution in [2.75, 3.05) is 22.1 Å². The minimum atomic E-state index is -1.06. The van der Waals surface area contributed by atoms with Crippen LogP contribution in [0, 0.1) is 25.7 Å². The van der Waals surface area contributed by atoms with Crippen molar-refractivity contribution in [2.24, 2.45) is 11.8 Å². The van der Waals surface area contributed by atoms with Gasteiger partial charge in [0, 0.05) is 46.7 Å². The van der Waals surface area contributed by atoms with Crippen LogP contribution in [-0.4, -0.2) is 64.3 Å². The number of anilines is 4. The largest absolute Gasteiger partial charge is 0.390 e. The van der Waals surface area contributed by atoms with Gasteiger partial charge in [-0.05, 0) is 85.0 Å². The number of carbonyl (C=O) groups is 2. The van der Waals surface area contributed by atoms with Crippen LogP contribution in [0.2, 0.25) is 0 Å². The zero-order chi connectivity index (χ0) is 38.3. The molecule has 4 atom stereocenters. The van der Waals surface area contributed by atoms with Crippen molar-refractivity contribution in [2.45, 2.75) is 52.2 Å². The first-order chi connectivity index (χ1) is 25.9. The predicted molar refractivity (Wildman–Crippen MR) is 199 cm³/mol. The molecule has 2 fully saturated rings. The second-order valence-electron chi connectivity index (χ2n) is 13.4. The highest BCUT2D eigenvalue weighted by molar-refractivity contribution is 6.00. The molecule has 0 unspecified atom stereocenters. The highest BCUT2D eigenvalue weighted by atomic mass is 19.1. The minimum Gasteiger partial charge on any atom is -0.390 e. The summed E-state index contributed by atoms with van der Waals surface area (Å²) in [6.45, 7) is 3.44. The first kappa shape index (κ1) is 36.1. The van der Waals surface area contributed by atoms with Crippen molar-refractivity contribution in [3.63, 3.8) is 0 Å². The second kappa shape index (κ2) is 14.6. The summed E-state index contributed by atoms with van der Waals surface area (Å²) >= 11 is 0. The van der Waals surface area contributed by atoms with Crippen molar-refractivity contribution in [3.05, 3.63) is 83.7 Å². The molecule has 0 aliphatic heterocycles. The molecule has 2 saturated carbocycles. The number of carbonyl (C=O) groups excluding carboxylic acids is 2. The Labute approximate surface area is 307 Å². The van der Waals surface area contributed by atoms with E-state index in [1.165, 1.54) is 12.4 Å². The molecular weight excluding hydrogens is 698 g/mol. The number of nitrogens with two attached hydrogens (primary N) is 2. The zero-order valence-corrected chi connectivity index (χ0v) is 29.2. The molecule has 6 aromatic heterocycles. The van der Waals surface area contributed by atoms with E-state index < -0.39 is 24.2 Å². The summed E-state index contributed by atoms with van der Waals surface area (Å²) in [7, 11) is 0. The molecule has 6 aromatic rings. The summed E-state index contributed by atoms with van der Waals surface area (Å²) in [4.78, 5) is 49.4. The number of hydrogen-bond acceptors (Lipinski definition) is 12. The van der Waals surface area contributed by atoms with Gasteiger partial charge in [-0.2, -0.15) is 0 Å². The number of nitrogen functional groups attached to an aromatic ring is 2. The number of hydrogen-bond donors (Lipinski definition) is 6. The van der Waals surface area contributed by atoms with Gasteiger partial charge >= 0.3 is 0 Å². The van der Waals surface area contributed by atoms with E-state index in [-0.39, 0.29) is 37.9 Å². The molecule has 0 spiro atoms. The first-order valence-corrected chi connectivity index (χ1v) is 17.1. The standard InChI is InChI=1S/2C19H18FN5O2/c2*1-9-6-22-11(8-26)4-12(9)16-2-10-3-17(23-7-14(10)18(21)24-16)25-19(27)13-5-15(13)20/h2*2-4,6-7,13,15,26H,5,8H2,1H3,(H2,21,24)(H,23,25,27)/t2*13-,15+/m10/s1. The van der Waals surface area contributed by atoms with Crippen molar-refractivity contribution in [3.8, 4) is 22.5 Å². The Morgan fingerprint density at radius 1 is 0.667 bits per heavy atom. The quantitative estimate of drug-likeness (QED) is 0.125. The number of halogens is 2. The fraction of sp³-hybridized carbons (Fsp3) is 0.263. The van der Waals surface area contributed by atoms with Gasteiger partial charge in [0.05, 0.1) is 47.8 Å². The van der Waals surface area contributed by atoms with E-state index in [4.69, 9.17) is 11.5 Å². The smallest absolute Gasteiger partial charge is 0.231 e. The van der Waals surface area contributed by atoms with E-state index in [0.717, 1.165) is 33.0 Å².